The molecule has 4 nitrogen and oxygen atoms in total. The summed E-state index contributed by atoms with van der Waals surface area (Å²) in [6, 6.07) is 1.78. The van der Waals surface area contributed by atoms with Crippen molar-refractivity contribution in [3.05, 3.63) is 23.5 Å². The van der Waals surface area contributed by atoms with Gasteiger partial charge in [-0.15, -0.1) is 10.2 Å². The van der Waals surface area contributed by atoms with Crippen LogP contribution in [0.5, 0.6) is 0 Å². The van der Waals surface area contributed by atoms with E-state index >= 15 is 0 Å². The summed E-state index contributed by atoms with van der Waals surface area (Å²) in [5, 5.41) is 10.8. The Morgan fingerprint density at radius 3 is 2.71 bits per heavy atom. The predicted molar refractivity (Wildman–Crippen MR) is 58.4 cm³/mol. The number of halogens is 1. The van der Waals surface area contributed by atoms with Crippen molar-refractivity contribution in [2.45, 2.75) is 6.42 Å². The van der Waals surface area contributed by atoms with Crippen LogP contribution in [0, 0.1) is 0 Å². The standard InChI is InChI=1S/C8H7BrN4S/c9-3-2-6-12-13-8(14-6)7-10-4-1-5-11-7/h1,4-5H,2-3H2. The Morgan fingerprint density at radius 2 is 2.00 bits per heavy atom. The van der Waals surface area contributed by atoms with Crippen LogP contribution >= 0.6 is 27.3 Å². The van der Waals surface area contributed by atoms with Gasteiger partial charge < -0.3 is 0 Å². The molecular formula is C8H7BrN4S. The molecule has 0 radical (unpaired) electrons. The first kappa shape index (κ1) is 9.67. The Labute approximate surface area is 93.6 Å². The fourth-order valence-electron chi connectivity index (χ4n) is 0.935. The quantitative estimate of drug-likeness (QED) is 0.800. The molecule has 0 saturated heterocycles. The maximum absolute atomic E-state index is 4.11. The number of hydrogen-bond acceptors (Lipinski definition) is 5. The van der Waals surface area contributed by atoms with E-state index in [1.54, 1.807) is 18.5 Å². The molecule has 0 aliphatic rings. The van der Waals surface area contributed by atoms with Gasteiger partial charge in [-0.2, -0.15) is 0 Å². The first-order valence-corrected chi connectivity index (χ1v) is 5.99. The Hall–Kier alpha value is -0.880. The van der Waals surface area contributed by atoms with E-state index in [1.807, 2.05) is 0 Å². The molecule has 0 aromatic carbocycles. The summed E-state index contributed by atoms with van der Waals surface area (Å²) in [5.74, 6) is 0.644. The first-order chi connectivity index (χ1) is 6.90. The summed E-state index contributed by atoms with van der Waals surface area (Å²) >= 11 is 4.89. The number of alkyl halides is 1. The second kappa shape index (κ2) is 4.56. The average molecular weight is 271 g/mol. The molecule has 2 aromatic heterocycles. The lowest BCUT2D eigenvalue weighted by Gasteiger charge is -1.89. The molecule has 6 heteroatoms. The molecule has 0 saturated carbocycles. The van der Waals surface area contributed by atoms with Crippen LogP contribution in [0.2, 0.25) is 0 Å². The maximum atomic E-state index is 4.11. The third-order valence-corrected chi connectivity index (χ3v) is 2.91. The second-order valence-corrected chi connectivity index (χ2v) is 4.37. The van der Waals surface area contributed by atoms with Gasteiger partial charge in [-0.1, -0.05) is 27.3 Å². The lowest BCUT2D eigenvalue weighted by atomic mass is 10.5. The molecule has 0 fully saturated rings. The Bertz CT molecular complexity index is 403. The molecule has 2 heterocycles. The Morgan fingerprint density at radius 1 is 1.21 bits per heavy atom. The predicted octanol–water partition coefficient (Wildman–Crippen LogP) is 1.93. The average Bonchev–Trinajstić information content (AvgIpc) is 2.68. The highest BCUT2D eigenvalue weighted by atomic mass is 79.9. The van der Waals surface area contributed by atoms with E-state index in [1.165, 1.54) is 11.3 Å². The van der Waals surface area contributed by atoms with Crippen molar-refractivity contribution < 1.29 is 0 Å². The minimum Gasteiger partial charge on any atom is -0.234 e. The number of aromatic nitrogens is 4. The summed E-state index contributed by atoms with van der Waals surface area (Å²) in [6.45, 7) is 0. The van der Waals surface area contributed by atoms with Crippen molar-refractivity contribution in [2.75, 3.05) is 5.33 Å². The highest BCUT2D eigenvalue weighted by Crippen LogP contribution is 2.19. The van der Waals surface area contributed by atoms with Crippen LogP contribution in [-0.2, 0) is 6.42 Å². The molecule has 0 aliphatic carbocycles. The number of nitrogens with zero attached hydrogens (tertiary/aromatic N) is 4. The van der Waals surface area contributed by atoms with Crippen molar-refractivity contribution in [1.29, 1.82) is 0 Å². The van der Waals surface area contributed by atoms with E-state index in [2.05, 4.69) is 36.1 Å². The molecule has 0 spiro atoms. The molecular weight excluding hydrogens is 264 g/mol. The number of hydrogen-bond donors (Lipinski definition) is 0. The van der Waals surface area contributed by atoms with Gasteiger partial charge in [0, 0.05) is 24.1 Å². The maximum Gasteiger partial charge on any atom is 0.190 e. The highest BCUT2D eigenvalue weighted by molar-refractivity contribution is 9.09. The molecule has 2 rings (SSSR count). The Kier molecular flexibility index (Phi) is 3.15. The summed E-state index contributed by atoms with van der Waals surface area (Å²) in [5.41, 5.74) is 0. The molecule has 0 unspecified atom stereocenters. The molecule has 72 valence electrons. The molecule has 0 bridgehead atoms. The number of rotatable bonds is 3. The highest BCUT2D eigenvalue weighted by Gasteiger charge is 2.07. The van der Waals surface area contributed by atoms with Gasteiger partial charge in [-0.05, 0) is 6.07 Å². The van der Waals surface area contributed by atoms with E-state index in [0.717, 1.165) is 21.8 Å². The van der Waals surface area contributed by atoms with E-state index in [0.29, 0.717) is 5.82 Å². The van der Waals surface area contributed by atoms with Crippen LogP contribution in [0.1, 0.15) is 5.01 Å². The van der Waals surface area contributed by atoms with Gasteiger partial charge in [-0.3, -0.25) is 0 Å². The van der Waals surface area contributed by atoms with Gasteiger partial charge in [0.2, 0.25) is 0 Å². The van der Waals surface area contributed by atoms with Gasteiger partial charge in [0.1, 0.15) is 5.01 Å². The van der Waals surface area contributed by atoms with Gasteiger partial charge in [-0.25, -0.2) is 9.97 Å². The van der Waals surface area contributed by atoms with Crippen LogP contribution in [0.4, 0.5) is 0 Å². The Balaban J connectivity index is 2.25. The lowest BCUT2D eigenvalue weighted by Crippen LogP contribution is -1.85. The van der Waals surface area contributed by atoms with Crippen molar-refractivity contribution >= 4 is 27.3 Å². The molecule has 0 amide bonds. The normalized spacial score (nSPS) is 10.4. The fourth-order valence-corrected chi connectivity index (χ4v) is 2.36. The van der Waals surface area contributed by atoms with Crippen LogP contribution in [0.3, 0.4) is 0 Å². The minimum absolute atomic E-state index is 0.644. The molecule has 2 aromatic rings. The van der Waals surface area contributed by atoms with Crippen LogP contribution in [0.15, 0.2) is 18.5 Å². The molecule has 0 N–H and O–H groups in total. The van der Waals surface area contributed by atoms with Crippen molar-refractivity contribution in [3.63, 3.8) is 0 Å². The third kappa shape index (κ3) is 2.13. The van der Waals surface area contributed by atoms with Gasteiger partial charge >= 0.3 is 0 Å². The van der Waals surface area contributed by atoms with Crippen molar-refractivity contribution in [2.24, 2.45) is 0 Å². The second-order valence-electron chi connectivity index (χ2n) is 2.51. The zero-order chi connectivity index (χ0) is 9.80. The fraction of sp³-hybridized carbons (Fsp3) is 0.250. The lowest BCUT2D eigenvalue weighted by molar-refractivity contribution is 0.987. The molecule has 0 atom stereocenters. The summed E-state index contributed by atoms with van der Waals surface area (Å²) in [4.78, 5) is 8.22. The molecule has 0 aliphatic heterocycles. The summed E-state index contributed by atoms with van der Waals surface area (Å²) < 4.78 is 0. The zero-order valence-corrected chi connectivity index (χ0v) is 9.62. The van der Waals surface area contributed by atoms with Gasteiger partial charge in [0.05, 0.1) is 0 Å². The summed E-state index contributed by atoms with van der Waals surface area (Å²) in [6.07, 6.45) is 4.30. The minimum atomic E-state index is 0.644. The smallest absolute Gasteiger partial charge is 0.190 e. The van der Waals surface area contributed by atoms with E-state index < -0.39 is 0 Å². The van der Waals surface area contributed by atoms with E-state index in [4.69, 9.17) is 0 Å². The van der Waals surface area contributed by atoms with Crippen molar-refractivity contribution in [3.8, 4) is 10.8 Å². The van der Waals surface area contributed by atoms with E-state index in [-0.39, 0.29) is 0 Å². The van der Waals surface area contributed by atoms with Crippen molar-refractivity contribution in [1.82, 2.24) is 20.2 Å². The first-order valence-electron chi connectivity index (χ1n) is 4.06. The largest absolute Gasteiger partial charge is 0.234 e. The third-order valence-electron chi connectivity index (χ3n) is 1.53. The summed E-state index contributed by atoms with van der Waals surface area (Å²) in [7, 11) is 0. The van der Waals surface area contributed by atoms with Gasteiger partial charge in [0.25, 0.3) is 0 Å². The zero-order valence-electron chi connectivity index (χ0n) is 7.22. The van der Waals surface area contributed by atoms with Crippen LogP contribution < -0.4 is 0 Å². The topological polar surface area (TPSA) is 51.6 Å². The van der Waals surface area contributed by atoms with Crippen LogP contribution in [-0.4, -0.2) is 25.5 Å². The van der Waals surface area contributed by atoms with E-state index in [9.17, 15) is 0 Å². The molecule has 14 heavy (non-hydrogen) atoms. The van der Waals surface area contributed by atoms with Crippen LogP contribution in [0.25, 0.3) is 10.8 Å². The van der Waals surface area contributed by atoms with Gasteiger partial charge in [0.15, 0.2) is 10.8 Å². The number of aryl methyl sites for hydroxylation is 1. The monoisotopic (exact) mass is 270 g/mol. The SMILES string of the molecule is BrCCc1nnc(-c2ncccn2)s1.